The van der Waals surface area contributed by atoms with Crippen LogP contribution in [0.25, 0.3) is 0 Å². The van der Waals surface area contributed by atoms with Gasteiger partial charge in [-0.1, -0.05) is 11.6 Å². The molecule has 0 unspecified atom stereocenters. The first-order chi connectivity index (χ1) is 12.8. The fraction of sp³-hybridized carbons (Fsp3) is 0.182. The van der Waals surface area contributed by atoms with Crippen LogP contribution in [0.1, 0.15) is 31.1 Å². The topological polar surface area (TPSA) is 49.4 Å². The van der Waals surface area contributed by atoms with Crippen molar-refractivity contribution < 1.29 is 26.7 Å². The molecule has 0 bridgehead atoms. The van der Waals surface area contributed by atoms with Crippen molar-refractivity contribution in [2.75, 3.05) is 0 Å². The first-order valence-corrected chi connectivity index (χ1v) is 8.96. The molecule has 0 atom stereocenters. The van der Waals surface area contributed by atoms with Crippen LogP contribution in [0.5, 0.6) is 0 Å². The maximum Gasteiger partial charge on any atom is 2.00 e. The number of carbonyl (C=O) groups excluding carboxylic acids is 2. The van der Waals surface area contributed by atoms with Gasteiger partial charge in [0, 0.05) is 10.6 Å². The summed E-state index contributed by atoms with van der Waals surface area (Å²) in [4.78, 5) is 24.9. The first-order valence-electron chi connectivity index (χ1n) is 8.58. The largest absolute Gasteiger partial charge is 2.00 e. The van der Waals surface area contributed by atoms with Gasteiger partial charge in [0.05, 0.1) is 11.5 Å². The summed E-state index contributed by atoms with van der Waals surface area (Å²) < 4.78 is 0. The number of hydrogen-bond acceptors (Lipinski definition) is 2. The van der Waals surface area contributed by atoms with Crippen LogP contribution in [0.3, 0.4) is 0 Å². The van der Waals surface area contributed by atoms with Gasteiger partial charge in [-0.05, 0) is 103 Å². The summed E-state index contributed by atoms with van der Waals surface area (Å²) in [7, 11) is 0. The molecule has 2 fully saturated rings. The van der Waals surface area contributed by atoms with E-state index in [1.54, 1.807) is 49.9 Å². The third-order valence-corrected chi connectivity index (χ3v) is 3.91. The van der Waals surface area contributed by atoms with Gasteiger partial charge in [-0.25, -0.2) is 5.01 Å². The second-order valence-corrected chi connectivity index (χ2v) is 7.33. The van der Waals surface area contributed by atoms with Crippen LogP contribution in [-0.2, 0) is 21.9 Å². The fourth-order valence-corrected chi connectivity index (χ4v) is 2.38. The van der Waals surface area contributed by atoms with Gasteiger partial charge < -0.3 is 0 Å². The molecule has 0 saturated heterocycles. The standard InChI is InChI=1S/C17H18ClN2O2.C5H5.Fe/c1-17(2,3)20(16(22)13-6-4-5-7-13)19-15(21)12-8-10-14(18)11-9-12;1-2-4-5-3-1;/h4-11H,1-3H3,(H,19,21);1-5H;/q;;+2. The van der Waals surface area contributed by atoms with Crippen LogP contribution < -0.4 is 5.43 Å². The molecular formula is C22H23ClFeN2O2+2. The second-order valence-electron chi connectivity index (χ2n) is 6.90. The van der Waals surface area contributed by atoms with E-state index in [1.165, 1.54) is 5.01 Å². The molecular weight excluding hydrogens is 416 g/mol. The molecule has 2 saturated carbocycles. The normalized spacial score (nSPS) is 16.6. The molecule has 146 valence electrons. The molecule has 3 rings (SSSR count). The van der Waals surface area contributed by atoms with E-state index in [0.717, 1.165) is 0 Å². The Hall–Kier alpha value is -1.03. The van der Waals surface area contributed by atoms with Crippen molar-refractivity contribution in [2.24, 2.45) is 0 Å². The van der Waals surface area contributed by atoms with Crippen LogP contribution in [0.15, 0.2) is 24.3 Å². The molecule has 1 aromatic rings. The van der Waals surface area contributed by atoms with Crippen molar-refractivity contribution >= 4 is 23.4 Å². The molecule has 2 aliphatic rings. The minimum atomic E-state index is -0.559. The monoisotopic (exact) mass is 438 g/mol. The summed E-state index contributed by atoms with van der Waals surface area (Å²) in [5.74, 6) is -0.0716. The number of halogens is 1. The van der Waals surface area contributed by atoms with Crippen LogP contribution >= 0.6 is 11.6 Å². The summed E-state index contributed by atoms with van der Waals surface area (Å²) in [6.45, 7) is 5.57. The summed E-state index contributed by atoms with van der Waals surface area (Å²) in [5.41, 5.74) is 2.56. The Morgan fingerprint density at radius 1 is 0.857 bits per heavy atom. The molecule has 0 aromatic heterocycles. The average molecular weight is 439 g/mol. The van der Waals surface area contributed by atoms with Crippen LogP contribution in [0.4, 0.5) is 0 Å². The minimum Gasteiger partial charge on any atom is -0.272 e. The molecule has 4 nitrogen and oxygen atoms in total. The maximum absolute atomic E-state index is 12.6. The van der Waals surface area contributed by atoms with E-state index in [2.05, 4.69) is 5.43 Å². The number of carbonyl (C=O) groups is 2. The Kier molecular flexibility index (Phi) is 10.6. The van der Waals surface area contributed by atoms with E-state index in [4.69, 9.17) is 11.6 Å². The molecule has 10 radical (unpaired) electrons. The molecule has 6 heteroatoms. The van der Waals surface area contributed by atoms with Crippen LogP contribution in [0.2, 0.25) is 5.02 Å². The summed E-state index contributed by atoms with van der Waals surface area (Å²) in [5, 5.41) is 1.90. The molecule has 0 heterocycles. The van der Waals surface area contributed by atoms with Gasteiger partial charge in [0.15, 0.2) is 0 Å². The third-order valence-electron chi connectivity index (χ3n) is 3.66. The third kappa shape index (κ3) is 7.77. The average Bonchev–Trinajstić information content (AvgIpc) is 3.34. The zero-order valence-electron chi connectivity index (χ0n) is 16.0. The second kappa shape index (κ2) is 11.8. The van der Waals surface area contributed by atoms with Crippen LogP contribution in [-0.4, -0.2) is 22.4 Å². The van der Waals surface area contributed by atoms with Gasteiger partial charge in [-0.2, -0.15) is 0 Å². The quantitative estimate of drug-likeness (QED) is 0.560. The Morgan fingerprint density at radius 2 is 1.32 bits per heavy atom. The molecule has 2 aliphatic carbocycles. The zero-order valence-corrected chi connectivity index (χ0v) is 17.9. The van der Waals surface area contributed by atoms with E-state index < -0.39 is 5.54 Å². The molecule has 0 aliphatic heterocycles. The number of rotatable bonds is 2. The Labute approximate surface area is 185 Å². The minimum absolute atomic E-state index is 0. The smallest absolute Gasteiger partial charge is 0.272 e. The van der Waals surface area contributed by atoms with E-state index in [-0.39, 0.29) is 28.9 Å². The van der Waals surface area contributed by atoms with Crippen molar-refractivity contribution in [1.82, 2.24) is 10.4 Å². The maximum atomic E-state index is 12.6. The van der Waals surface area contributed by atoms with Crippen molar-refractivity contribution in [3.05, 3.63) is 98.6 Å². The molecule has 2 amide bonds. The summed E-state index contributed by atoms with van der Waals surface area (Å²) in [6.07, 6.45) is 17.0. The molecule has 0 spiro atoms. The number of hydrazine groups is 1. The van der Waals surface area contributed by atoms with E-state index in [1.807, 2.05) is 52.9 Å². The number of amides is 2. The number of hydrogen-bond donors (Lipinski definition) is 1. The molecule has 1 aromatic carbocycles. The van der Waals surface area contributed by atoms with E-state index >= 15 is 0 Å². The van der Waals surface area contributed by atoms with Gasteiger partial charge in [-0.3, -0.25) is 15.0 Å². The van der Waals surface area contributed by atoms with Gasteiger partial charge >= 0.3 is 17.1 Å². The number of benzene rings is 1. The molecule has 1 N–H and O–H groups in total. The van der Waals surface area contributed by atoms with Gasteiger partial charge in [0.25, 0.3) is 5.91 Å². The van der Waals surface area contributed by atoms with Crippen molar-refractivity contribution in [3.8, 4) is 0 Å². The summed E-state index contributed by atoms with van der Waals surface area (Å²) >= 11 is 5.82. The predicted molar refractivity (Wildman–Crippen MR) is 107 cm³/mol. The Morgan fingerprint density at radius 3 is 1.75 bits per heavy atom. The Bertz CT molecular complexity index is 611. The van der Waals surface area contributed by atoms with Crippen LogP contribution in [0, 0.1) is 63.7 Å². The van der Waals surface area contributed by atoms with Gasteiger partial charge in [0.1, 0.15) is 0 Å². The number of nitrogens with one attached hydrogen (secondary N) is 1. The first kappa shape index (κ1) is 25.0. The van der Waals surface area contributed by atoms with Crippen molar-refractivity contribution in [2.45, 2.75) is 26.3 Å². The molecule has 28 heavy (non-hydrogen) atoms. The fourth-order valence-electron chi connectivity index (χ4n) is 2.26. The van der Waals surface area contributed by atoms with Gasteiger partial charge in [0.2, 0.25) is 5.91 Å². The van der Waals surface area contributed by atoms with E-state index in [9.17, 15) is 9.59 Å². The zero-order chi connectivity index (χ0) is 19.9. The predicted octanol–water partition coefficient (Wildman–Crippen LogP) is 4.04. The van der Waals surface area contributed by atoms with Crippen molar-refractivity contribution in [3.63, 3.8) is 0 Å². The van der Waals surface area contributed by atoms with Crippen molar-refractivity contribution in [1.29, 1.82) is 0 Å². The summed E-state index contributed by atoms with van der Waals surface area (Å²) in [6, 6.07) is 6.50. The van der Waals surface area contributed by atoms with Gasteiger partial charge in [-0.15, -0.1) is 0 Å². The number of nitrogens with zero attached hydrogens (tertiary/aromatic N) is 1. The van der Waals surface area contributed by atoms with E-state index in [0.29, 0.717) is 16.5 Å². The SMILES string of the molecule is CC(C)(C)N(NC(=O)c1ccc(Cl)cc1)C(=O)[C]1[CH][CH][CH][CH]1.[CH]1[CH][CH][CH][CH]1.[Fe+2]. The Balaban J connectivity index is 0.000000567.